The Morgan fingerprint density at radius 1 is 1.33 bits per heavy atom. The molecule has 0 bridgehead atoms. The maximum absolute atomic E-state index is 11.0. The Balaban J connectivity index is 1.91. The molecule has 0 aromatic heterocycles. The highest BCUT2D eigenvalue weighted by atomic mass is 35.5. The molecule has 3 rings (SSSR count). The lowest BCUT2D eigenvalue weighted by atomic mass is 9.71. The van der Waals surface area contributed by atoms with Gasteiger partial charge in [0, 0.05) is 0 Å². The highest BCUT2D eigenvalue weighted by Gasteiger charge is 2.60. The van der Waals surface area contributed by atoms with E-state index < -0.39 is 5.60 Å². The van der Waals surface area contributed by atoms with Gasteiger partial charge in [-0.15, -0.1) is 11.6 Å². The molecule has 3 aliphatic carbocycles. The fourth-order valence-corrected chi connectivity index (χ4v) is 4.83. The Morgan fingerprint density at radius 3 is 2.72 bits per heavy atom. The summed E-state index contributed by atoms with van der Waals surface area (Å²) < 4.78 is 0. The molecule has 18 heavy (non-hydrogen) atoms. The molecular weight excluding hydrogens is 244 g/mol. The minimum absolute atomic E-state index is 0.0848. The van der Waals surface area contributed by atoms with Gasteiger partial charge >= 0.3 is 0 Å². The molecule has 1 nitrogen and oxygen atoms in total. The summed E-state index contributed by atoms with van der Waals surface area (Å²) in [4.78, 5) is 0. The van der Waals surface area contributed by atoms with Gasteiger partial charge in [0.25, 0.3) is 0 Å². The average molecular weight is 269 g/mol. The molecule has 0 unspecified atom stereocenters. The third kappa shape index (κ3) is 1.70. The van der Waals surface area contributed by atoms with Gasteiger partial charge in [-0.25, -0.2) is 0 Å². The van der Waals surface area contributed by atoms with Gasteiger partial charge in [-0.2, -0.15) is 0 Å². The van der Waals surface area contributed by atoms with Crippen LogP contribution in [0.1, 0.15) is 52.9 Å². The molecule has 0 spiro atoms. The van der Waals surface area contributed by atoms with Gasteiger partial charge in [0.1, 0.15) is 5.60 Å². The van der Waals surface area contributed by atoms with Crippen LogP contribution in [0.3, 0.4) is 0 Å². The summed E-state index contributed by atoms with van der Waals surface area (Å²) in [7, 11) is 0. The molecular formula is C16H25ClO. The summed E-state index contributed by atoms with van der Waals surface area (Å²) >= 11 is 6.46. The molecule has 2 fully saturated rings. The molecule has 0 aromatic carbocycles. The summed E-state index contributed by atoms with van der Waals surface area (Å²) in [5, 5.41) is 11.0. The Labute approximate surface area is 116 Å². The zero-order valence-corrected chi connectivity index (χ0v) is 12.5. The largest absolute Gasteiger partial charge is 0.384 e. The lowest BCUT2D eigenvalue weighted by molar-refractivity contribution is 0.0325. The number of halogens is 1. The predicted molar refractivity (Wildman–Crippen MR) is 75.7 cm³/mol. The summed E-state index contributed by atoms with van der Waals surface area (Å²) in [6, 6.07) is 0. The number of rotatable bonds is 1. The average Bonchev–Trinajstić information content (AvgIpc) is 2.84. The number of hydrogen-bond acceptors (Lipinski definition) is 1. The van der Waals surface area contributed by atoms with Crippen LogP contribution in [0.4, 0.5) is 0 Å². The van der Waals surface area contributed by atoms with Gasteiger partial charge in [-0.05, 0) is 48.0 Å². The first-order valence-corrected chi connectivity index (χ1v) is 7.89. The Bertz CT molecular complexity index is 387. The summed E-state index contributed by atoms with van der Waals surface area (Å²) in [6.45, 7) is 6.99. The van der Waals surface area contributed by atoms with Crippen molar-refractivity contribution in [1.29, 1.82) is 0 Å². The zero-order valence-electron chi connectivity index (χ0n) is 11.7. The molecule has 2 saturated carbocycles. The van der Waals surface area contributed by atoms with Crippen LogP contribution in [0.25, 0.3) is 0 Å². The predicted octanol–water partition coefficient (Wildman–Crippen LogP) is 4.14. The standard InChI is InChI=1S/C16H25ClO/c1-10-8-12-13(15(12,2)3)9-11(10)16(18)7-5-4-6-14(16)17/h9-10,12-14,18H,4-8H2,1-3H3/t10-,12+,13-,14-,16-/m0/s1. The van der Waals surface area contributed by atoms with Gasteiger partial charge in [-0.1, -0.05) is 39.7 Å². The number of fused-ring (bicyclic) bond motifs is 1. The highest BCUT2D eigenvalue weighted by Crippen LogP contribution is 2.65. The number of allylic oxidation sites excluding steroid dienone is 1. The van der Waals surface area contributed by atoms with Crippen LogP contribution in [0.5, 0.6) is 0 Å². The number of aliphatic hydroxyl groups is 1. The third-order valence-corrected chi connectivity index (χ3v) is 6.50. The monoisotopic (exact) mass is 268 g/mol. The first kappa shape index (κ1) is 13.0. The zero-order chi connectivity index (χ0) is 13.1. The lowest BCUT2D eigenvalue weighted by Crippen LogP contribution is -2.45. The molecule has 0 amide bonds. The van der Waals surface area contributed by atoms with Crippen molar-refractivity contribution in [3.63, 3.8) is 0 Å². The molecule has 0 aliphatic heterocycles. The third-order valence-electron chi connectivity index (χ3n) is 5.92. The normalized spacial score (nSPS) is 50.4. The minimum atomic E-state index is -0.719. The van der Waals surface area contributed by atoms with E-state index in [1.807, 2.05) is 0 Å². The van der Waals surface area contributed by atoms with E-state index in [4.69, 9.17) is 11.6 Å². The molecule has 3 aliphatic rings. The van der Waals surface area contributed by atoms with Crippen molar-refractivity contribution in [2.75, 3.05) is 0 Å². The van der Waals surface area contributed by atoms with Crippen LogP contribution in [-0.2, 0) is 0 Å². The summed E-state index contributed by atoms with van der Waals surface area (Å²) in [6.07, 6.45) is 7.71. The van der Waals surface area contributed by atoms with E-state index in [0.717, 1.165) is 31.6 Å². The molecule has 0 saturated heterocycles. The van der Waals surface area contributed by atoms with Gasteiger partial charge in [0.2, 0.25) is 0 Å². The van der Waals surface area contributed by atoms with Crippen molar-refractivity contribution >= 4 is 11.6 Å². The molecule has 5 atom stereocenters. The number of hydrogen-bond donors (Lipinski definition) is 1. The Morgan fingerprint density at radius 2 is 2.06 bits per heavy atom. The van der Waals surface area contributed by atoms with Crippen LogP contribution < -0.4 is 0 Å². The fraction of sp³-hybridized carbons (Fsp3) is 0.875. The molecule has 102 valence electrons. The van der Waals surface area contributed by atoms with E-state index in [1.54, 1.807) is 0 Å². The molecule has 0 radical (unpaired) electrons. The van der Waals surface area contributed by atoms with Crippen LogP contribution in [0.15, 0.2) is 11.6 Å². The first-order valence-electron chi connectivity index (χ1n) is 7.46. The van der Waals surface area contributed by atoms with Gasteiger partial charge in [-0.3, -0.25) is 0 Å². The minimum Gasteiger partial charge on any atom is -0.384 e. The smallest absolute Gasteiger partial charge is 0.102 e. The van der Waals surface area contributed by atoms with E-state index in [2.05, 4.69) is 26.8 Å². The van der Waals surface area contributed by atoms with E-state index in [0.29, 0.717) is 17.3 Å². The maximum atomic E-state index is 11.0. The van der Waals surface area contributed by atoms with Crippen LogP contribution in [0, 0.1) is 23.2 Å². The topological polar surface area (TPSA) is 20.2 Å². The quantitative estimate of drug-likeness (QED) is 0.560. The van der Waals surface area contributed by atoms with Gasteiger partial charge in [0.05, 0.1) is 5.38 Å². The van der Waals surface area contributed by atoms with Crippen molar-refractivity contribution in [2.24, 2.45) is 23.2 Å². The summed E-state index contributed by atoms with van der Waals surface area (Å²) in [5.74, 6) is 2.01. The van der Waals surface area contributed by atoms with Crippen LogP contribution in [-0.4, -0.2) is 16.1 Å². The highest BCUT2D eigenvalue weighted by molar-refractivity contribution is 6.21. The maximum Gasteiger partial charge on any atom is 0.102 e. The van der Waals surface area contributed by atoms with Crippen LogP contribution in [0.2, 0.25) is 0 Å². The Kier molecular flexibility index (Phi) is 2.88. The SMILES string of the molecule is C[C@H]1C[C@@H]2[C@H](C=C1[C@@]1(O)CCCC[C@@H]1Cl)C2(C)C. The van der Waals surface area contributed by atoms with Gasteiger partial charge < -0.3 is 5.11 Å². The van der Waals surface area contributed by atoms with E-state index >= 15 is 0 Å². The molecule has 2 heteroatoms. The molecule has 1 N–H and O–H groups in total. The summed E-state index contributed by atoms with van der Waals surface area (Å²) in [5.41, 5.74) is 0.986. The second kappa shape index (κ2) is 3.99. The van der Waals surface area contributed by atoms with Crippen molar-refractivity contribution in [2.45, 2.75) is 63.9 Å². The lowest BCUT2D eigenvalue weighted by Gasteiger charge is -2.42. The molecule has 0 heterocycles. The van der Waals surface area contributed by atoms with Crippen LogP contribution >= 0.6 is 11.6 Å². The van der Waals surface area contributed by atoms with E-state index in [9.17, 15) is 5.11 Å². The second-order valence-corrected chi connectivity index (χ2v) is 7.88. The number of alkyl halides is 1. The first-order chi connectivity index (χ1) is 8.37. The van der Waals surface area contributed by atoms with Crippen molar-refractivity contribution in [1.82, 2.24) is 0 Å². The van der Waals surface area contributed by atoms with E-state index in [1.165, 1.54) is 12.0 Å². The fourth-order valence-electron chi connectivity index (χ4n) is 4.44. The second-order valence-electron chi connectivity index (χ2n) is 7.35. The van der Waals surface area contributed by atoms with Crippen molar-refractivity contribution in [3.8, 4) is 0 Å². The molecule has 0 aromatic rings. The van der Waals surface area contributed by atoms with Crippen molar-refractivity contribution in [3.05, 3.63) is 11.6 Å². The Hall–Kier alpha value is -0.0100. The van der Waals surface area contributed by atoms with Gasteiger partial charge in [0.15, 0.2) is 0 Å². The van der Waals surface area contributed by atoms with Crippen molar-refractivity contribution < 1.29 is 5.11 Å². The van der Waals surface area contributed by atoms with E-state index in [-0.39, 0.29) is 5.38 Å².